The van der Waals surface area contributed by atoms with Crippen LogP contribution in [0.2, 0.25) is 0 Å². The van der Waals surface area contributed by atoms with Crippen molar-refractivity contribution in [1.82, 2.24) is 9.13 Å². The molecule has 0 amide bonds. The van der Waals surface area contributed by atoms with Gasteiger partial charge in [0.1, 0.15) is 0 Å². The highest BCUT2D eigenvalue weighted by molar-refractivity contribution is 9.11. The maximum Gasteiger partial charge on any atom is 0.264 e. The number of hydrogen-bond donors (Lipinski definition) is 0. The van der Waals surface area contributed by atoms with Crippen molar-refractivity contribution in [2.24, 2.45) is 14.1 Å². The van der Waals surface area contributed by atoms with E-state index in [-0.39, 0.29) is 11.1 Å². The molecule has 0 fully saturated rings. The van der Waals surface area contributed by atoms with Crippen LogP contribution in [0.1, 0.15) is 12.5 Å². The summed E-state index contributed by atoms with van der Waals surface area (Å²) in [5.74, 6) is 0. The van der Waals surface area contributed by atoms with Crippen LogP contribution in [0, 0.1) is 0 Å². The molecule has 0 atom stereocenters. The van der Waals surface area contributed by atoms with Crippen molar-refractivity contribution in [3.05, 3.63) is 64.2 Å². The zero-order valence-corrected chi connectivity index (χ0v) is 16.6. The highest BCUT2D eigenvalue weighted by atomic mass is 79.9. The van der Waals surface area contributed by atoms with E-state index in [1.165, 1.54) is 4.57 Å². The summed E-state index contributed by atoms with van der Waals surface area (Å²) >= 11 is 9.72. The van der Waals surface area contributed by atoms with Crippen LogP contribution in [0.5, 0.6) is 0 Å². The third-order valence-electron chi connectivity index (χ3n) is 2.71. The number of aromatic nitrogens is 2. The average molecular weight is 483 g/mol. The van der Waals surface area contributed by atoms with Crippen LogP contribution in [0.15, 0.2) is 47.5 Å². The third-order valence-corrected chi connectivity index (χ3v) is 4.15. The molecule has 0 aliphatic carbocycles. The first kappa shape index (κ1) is 18.4. The van der Waals surface area contributed by atoms with E-state index < -0.39 is 0 Å². The van der Waals surface area contributed by atoms with Gasteiger partial charge in [0, 0.05) is 41.0 Å². The van der Waals surface area contributed by atoms with E-state index in [1.807, 2.05) is 13.0 Å². The lowest BCUT2D eigenvalue weighted by Crippen LogP contribution is -2.19. The minimum Gasteiger partial charge on any atom is -0.317 e. The number of hydrogen-bond acceptors (Lipinski definition) is 2. The highest BCUT2D eigenvalue weighted by Gasteiger charge is 1.99. The summed E-state index contributed by atoms with van der Waals surface area (Å²) in [5.41, 5.74) is 0.917. The van der Waals surface area contributed by atoms with Gasteiger partial charge >= 0.3 is 0 Å². The topological polar surface area (TPSA) is 44.0 Å². The summed E-state index contributed by atoms with van der Waals surface area (Å²) in [7, 11) is 3.46. The van der Waals surface area contributed by atoms with Crippen molar-refractivity contribution in [1.29, 1.82) is 0 Å². The van der Waals surface area contributed by atoms with Gasteiger partial charge in [0.15, 0.2) is 0 Å². The Bertz CT molecular complexity index is 725. The summed E-state index contributed by atoms with van der Waals surface area (Å²) < 4.78 is 5.51. The first-order valence-corrected chi connectivity index (χ1v) is 8.50. The normalized spacial score (nSPS) is 10.0. The van der Waals surface area contributed by atoms with Crippen LogP contribution >= 0.6 is 47.8 Å². The standard InChI is InChI=1S/C8H10BrNO.C6H5Br2NO/c1-3-6-4-7(9)5-10(2)8(6)11;1-9-3-4(7)2-5(8)6(9)10/h4-5H,3H2,1-2H3;2-3H,1H3. The van der Waals surface area contributed by atoms with E-state index in [4.69, 9.17) is 0 Å². The molecule has 0 unspecified atom stereocenters. The van der Waals surface area contributed by atoms with Gasteiger partial charge in [0.25, 0.3) is 11.1 Å². The highest BCUT2D eigenvalue weighted by Crippen LogP contribution is 2.11. The summed E-state index contributed by atoms with van der Waals surface area (Å²) in [4.78, 5) is 22.3. The molecule has 0 saturated carbocycles. The van der Waals surface area contributed by atoms with E-state index in [0.717, 1.165) is 20.9 Å². The van der Waals surface area contributed by atoms with Crippen molar-refractivity contribution in [3.63, 3.8) is 0 Å². The Morgan fingerprint density at radius 2 is 1.38 bits per heavy atom. The molecule has 2 aromatic rings. The molecular formula is C14H15Br3N2O2. The molecule has 4 nitrogen and oxygen atoms in total. The molecule has 0 radical (unpaired) electrons. The fourth-order valence-electron chi connectivity index (χ4n) is 1.62. The first-order valence-electron chi connectivity index (χ1n) is 6.13. The summed E-state index contributed by atoms with van der Waals surface area (Å²) in [5, 5.41) is 0. The van der Waals surface area contributed by atoms with Crippen LogP contribution in [0.3, 0.4) is 0 Å². The van der Waals surface area contributed by atoms with Gasteiger partial charge in [-0.15, -0.1) is 0 Å². The molecule has 0 aliphatic heterocycles. The molecule has 0 N–H and O–H groups in total. The number of rotatable bonds is 1. The van der Waals surface area contributed by atoms with E-state index in [1.54, 1.807) is 37.1 Å². The van der Waals surface area contributed by atoms with Crippen LogP contribution in [0.25, 0.3) is 0 Å². The second kappa shape index (κ2) is 8.10. The van der Waals surface area contributed by atoms with Crippen LogP contribution in [-0.4, -0.2) is 9.13 Å². The van der Waals surface area contributed by atoms with E-state index in [0.29, 0.717) is 4.47 Å². The minimum absolute atomic E-state index is 0.0248. The van der Waals surface area contributed by atoms with Crippen LogP contribution < -0.4 is 11.1 Å². The molecule has 0 spiro atoms. The Labute approximate surface area is 148 Å². The van der Waals surface area contributed by atoms with Crippen molar-refractivity contribution >= 4 is 47.8 Å². The third kappa shape index (κ3) is 5.23. The van der Waals surface area contributed by atoms with Gasteiger partial charge in [-0.1, -0.05) is 6.92 Å². The SMILES string of the molecule is CCc1cc(Br)cn(C)c1=O.Cn1cc(Br)cc(Br)c1=O. The second-order valence-electron chi connectivity index (χ2n) is 4.38. The molecule has 0 saturated heterocycles. The Hall–Kier alpha value is -0.660. The number of aryl methyl sites for hydroxylation is 3. The van der Waals surface area contributed by atoms with Crippen molar-refractivity contribution in [2.45, 2.75) is 13.3 Å². The summed E-state index contributed by atoms with van der Waals surface area (Å²) in [6.07, 6.45) is 4.26. The van der Waals surface area contributed by atoms with E-state index in [9.17, 15) is 9.59 Å². The smallest absolute Gasteiger partial charge is 0.264 e. The molecule has 2 rings (SSSR count). The van der Waals surface area contributed by atoms with Crippen molar-refractivity contribution in [2.75, 3.05) is 0 Å². The van der Waals surface area contributed by atoms with Crippen molar-refractivity contribution < 1.29 is 0 Å². The van der Waals surface area contributed by atoms with Gasteiger partial charge in [-0.2, -0.15) is 0 Å². The monoisotopic (exact) mass is 480 g/mol. The average Bonchev–Trinajstić information content (AvgIpc) is 2.40. The number of pyridine rings is 2. The first-order chi connectivity index (χ1) is 9.76. The van der Waals surface area contributed by atoms with Gasteiger partial charge in [-0.05, 0) is 66.3 Å². The predicted octanol–water partition coefficient (Wildman–Crippen LogP) is 3.62. The molecule has 21 heavy (non-hydrogen) atoms. The van der Waals surface area contributed by atoms with Gasteiger partial charge in [-0.25, -0.2) is 0 Å². The molecule has 2 heterocycles. The largest absolute Gasteiger partial charge is 0.317 e. The van der Waals surface area contributed by atoms with Gasteiger partial charge in [0.2, 0.25) is 0 Å². The summed E-state index contributed by atoms with van der Waals surface area (Å²) in [6.45, 7) is 1.98. The molecular weight excluding hydrogens is 468 g/mol. The Morgan fingerprint density at radius 3 is 1.86 bits per heavy atom. The maximum atomic E-state index is 11.3. The van der Waals surface area contributed by atoms with Crippen molar-refractivity contribution in [3.8, 4) is 0 Å². The minimum atomic E-state index is -0.0248. The van der Waals surface area contributed by atoms with Crippen LogP contribution in [0.4, 0.5) is 0 Å². The fourth-order valence-corrected chi connectivity index (χ4v) is 3.57. The zero-order chi connectivity index (χ0) is 16.2. The molecule has 0 bridgehead atoms. The lowest BCUT2D eigenvalue weighted by molar-refractivity contribution is 0.830. The second-order valence-corrected chi connectivity index (χ2v) is 7.06. The Morgan fingerprint density at radius 1 is 0.905 bits per heavy atom. The maximum absolute atomic E-state index is 11.3. The molecule has 7 heteroatoms. The number of nitrogens with zero attached hydrogens (tertiary/aromatic N) is 2. The van der Waals surface area contributed by atoms with Gasteiger partial charge in [-0.3, -0.25) is 9.59 Å². The van der Waals surface area contributed by atoms with Crippen LogP contribution in [-0.2, 0) is 20.5 Å². The quantitative estimate of drug-likeness (QED) is 0.623. The van der Waals surface area contributed by atoms with Gasteiger partial charge in [0.05, 0.1) is 4.47 Å². The lowest BCUT2D eigenvalue weighted by Gasteiger charge is -2.01. The zero-order valence-electron chi connectivity index (χ0n) is 11.9. The predicted molar refractivity (Wildman–Crippen MR) is 95.8 cm³/mol. The van der Waals surface area contributed by atoms with Gasteiger partial charge < -0.3 is 9.13 Å². The molecule has 0 aromatic carbocycles. The fraction of sp³-hybridized carbons (Fsp3) is 0.286. The Kier molecular flexibility index (Phi) is 7.09. The molecule has 0 aliphatic rings. The summed E-state index contributed by atoms with van der Waals surface area (Å²) in [6, 6.07) is 3.59. The van der Waals surface area contributed by atoms with E-state index >= 15 is 0 Å². The lowest BCUT2D eigenvalue weighted by atomic mass is 10.2. The molecule has 2 aromatic heterocycles. The molecule has 114 valence electrons. The number of halogens is 3. The Balaban J connectivity index is 0.000000211. The van der Waals surface area contributed by atoms with E-state index in [2.05, 4.69) is 47.8 Å².